The highest BCUT2D eigenvalue weighted by atomic mass is 16.2. The Kier molecular flexibility index (Phi) is 3.66. The van der Waals surface area contributed by atoms with Crippen LogP contribution >= 0.6 is 0 Å². The number of nitrogens with one attached hydrogen (secondary N) is 1. The van der Waals surface area contributed by atoms with Gasteiger partial charge in [-0.05, 0) is 43.4 Å². The molecule has 3 nitrogen and oxygen atoms in total. The molecule has 1 N–H and O–H groups in total. The summed E-state index contributed by atoms with van der Waals surface area (Å²) in [4.78, 5) is 25.2. The Morgan fingerprint density at radius 2 is 1.62 bits per heavy atom. The minimum Gasteiger partial charge on any atom is -0.346 e. The number of Topliss-reactive ketones (excluding diaryl/α,β-unsaturated/α-hetero) is 1. The summed E-state index contributed by atoms with van der Waals surface area (Å²) in [5, 5.41) is 3.18. The van der Waals surface area contributed by atoms with Crippen molar-refractivity contribution in [2.75, 3.05) is 0 Å². The first-order valence-electron chi connectivity index (χ1n) is 8.70. The van der Waals surface area contributed by atoms with Gasteiger partial charge in [-0.2, -0.15) is 0 Å². The summed E-state index contributed by atoms with van der Waals surface area (Å²) in [6.07, 6.45) is 8.94. The van der Waals surface area contributed by atoms with E-state index in [-0.39, 0.29) is 29.1 Å². The maximum atomic E-state index is 12.6. The fourth-order valence-electron chi connectivity index (χ4n) is 5.08. The largest absolute Gasteiger partial charge is 0.346 e. The lowest BCUT2D eigenvalue weighted by molar-refractivity contribution is -0.200. The number of amides is 1. The van der Waals surface area contributed by atoms with Crippen LogP contribution in [0, 0.1) is 22.7 Å². The van der Waals surface area contributed by atoms with Gasteiger partial charge >= 0.3 is 0 Å². The molecule has 4 fully saturated rings. The highest BCUT2D eigenvalue weighted by Crippen LogP contribution is 2.73. The maximum absolute atomic E-state index is 12.6. The number of hydrogen-bond donors (Lipinski definition) is 1. The van der Waals surface area contributed by atoms with Crippen LogP contribution in [0.4, 0.5) is 0 Å². The van der Waals surface area contributed by atoms with E-state index in [2.05, 4.69) is 12.2 Å². The van der Waals surface area contributed by atoms with Gasteiger partial charge in [-0.3, -0.25) is 9.59 Å². The molecule has 3 heteroatoms. The molecule has 0 heterocycles. The van der Waals surface area contributed by atoms with E-state index in [1.54, 1.807) is 0 Å². The molecular weight excluding hydrogens is 262 g/mol. The van der Waals surface area contributed by atoms with Crippen molar-refractivity contribution in [3.63, 3.8) is 0 Å². The predicted molar refractivity (Wildman–Crippen MR) is 82.7 cm³/mol. The Bertz CT molecular complexity index is 428. The molecule has 0 aromatic carbocycles. The van der Waals surface area contributed by atoms with E-state index in [0.29, 0.717) is 11.3 Å². The Hall–Kier alpha value is -0.860. The molecule has 21 heavy (non-hydrogen) atoms. The maximum Gasteiger partial charge on any atom is 0.226 e. The number of rotatable bonds is 5. The first kappa shape index (κ1) is 15.1. The van der Waals surface area contributed by atoms with Crippen LogP contribution in [-0.2, 0) is 9.59 Å². The smallest absolute Gasteiger partial charge is 0.226 e. The zero-order valence-electron chi connectivity index (χ0n) is 13.7. The summed E-state index contributed by atoms with van der Waals surface area (Å²) in [5.41, 5.74) is 0.318. The van der Waals surface area contributed by atoms with Gasteiger partial charge in [0, 0.05) is 5.92 Å². The summed E-state index contributed by atoms with van der Waals surface area (Å²) in [5.74, 6) is 0.757. The van der Waals surface area contributed by atoms with Gasteiger partial charge in [0.2, 0.25) is 5.91 Å². The Morgan fingerprint density at radius 3 is 2.10 bits per heavy atom. The first-order valence-corrected chi connectivity index (χ1v) is 8.70. The average Bonchev–Trinajstić information content (AvgIpc) is 2.40. The molecule has 4 aliphatic rings. The van der Waals surface area contributed by atoms with Crippen molar-refractivity contribution >= 4 is 11.7 Å². The van der Waals surface area contributed by atoms with Crippen molar-refractivity contribution in [3.05, 3.63) is 0 Å². The molecule has 4 rings (SSSR count). The molecule has 0 radical (unpaired) electrons. The summed E-state index contributed by atoms with van der Waals surface area (Å²) >= 11 is 0. The third kappa shape index (κ3) is 2.53. The van der Waals surface area contributed by atoms with Gasteiger partial charge in [0.1, 0.15) is 0 Å². The van der Waals surface area contributed by atoms with E-state index < -0.39 is 0 Å². The quantitative estimate of drug-likeness (QED) is 0.843. The van der Waals surface area contributed by atoms with Crippen molar-refractivity contribution in [1.29, 1.82) is 0 Å². The van der Waals surface area contributed by atoms with Gasteiger partial charge in [-0.1, -0.05) is 40.0 Å². The van der Waals surface area contributed by atoms with E-state index in [1.165, 1.54) is 19.3 Å². The van der Waals surface area contributed by atoms with Gasteiger partial charge in [0.25, 0.3) is 0 Å². The number of hydrogen-bond acceptors (Lipinski definition) is 2. The summed E-state index contributed by atoms with van der Waals surface area (Å²) < 4.78 is 0. The van der Waals surface area contributed by atoms with E-state index in [4.69, 9.17) is 0 Å². The lowest BCUT2D eigenvalue weighted by atomic mass is 9.35. The first-order chi connectivity index (χ1) is 9.85. The van der Waals surface area contributed by atoms with Gasteiger partial charge in [0.05, 0.1) is 11.5 Å². The van der Waals surface area contributed by atoms with Gasteiger partial charge in [-0.25, -0.2) is 0 Å². The molecule has 4 saturated carbocycles. The topological polar surface area (TPSA) is 46.2 Å². The number of carbonyl (C=O) groups is 2. The molecule has 0 unspecified atom stereocenters. The summed E-state index contributed by atoms with van der Waals surface area (Å²) in [7, 11) is 0. The third-order valence-electron chi connectivity index (χ3n) is 6.06. The molecule has 0 aromatic rings. The standard InChI is InChI=1S/C18H29NO2/c1-12(2)15(20)14(13-7-5-4-6-8-13)19-16(21)18-9-17(3,10-18)11-18/h12-14H,4-11H2,1-3H3,(H,19,21)/t14-,17?,18?/m1/s1. The SMILES string of the molecule is CC(C)C(=O)[C@H](NC(=O)C12CC(C)(C1)C2)C1CCCCC1. The van der Waals surface area contributed by atoms with E-state index in [9.17, 15) is 9.59 Å². The average molecular weight is 291 g/mol. The molecule has 0 aliphatic heterocycles. The normalized spacial score (nSPS) is 36.6. The molecule has 1 atom stereocenters. The molecule has 0 spiro atoms. The second kappa shape index (κ2) is 5.10. The molecule has 2 bridgehead atoms. The minimum absolute atomic E-state index is 0.00257. The van der Waals surface area contributed by atoms with Crippen LogP contribution in [0.2, 0.25) is 0 Å². The van der Waals surface area contributed by atoms with Crippen molar-refractivity contribution < 1.29 is 9.59 Å². The zero-order chi connectivity index (χ0) is 15.3. The molecule has 0 saturated heterocycles. The number of carbonyl (C=O) groups excluding carboxylic acids is 2. The van der Waals surface area contributed by atoms with Gasteiger partial charge < -0.3 is 5.32 Å². The molecule has 1 amide bonds. The Morgan fingerprint density at radius 1 is 1.05 bits per heavy atom. The van der Waals surface area contributed by atoms with Gasteiger partial charge in [-0.15, -0.1) is 0 Å². The third-order valence-corrected chi connectivity index (χ3v) is 6.06. The van der Waals surface area contributed by atoms with Crippen LogP contribution in [0.3, 0.4) is 0 Å². The lowest BCUT2D eigenvalue weighted by Gasteiger charge is -2.68. The lowest BCUT2D eigenvalue weighted by Crippen LogP contribution is -2.68. The zero-order valence-corrected chi connectivity index (χ0v) is 13.7. The van der Waals surface area contributed by atoms with Crippen LogP contribution in [0.15, 0.2) is 0 Å². The monoisotopic (exact) mass is 291 g/mol. The molecule has 4 aliphatic carbocycles. The summed E-state index contributed by atoms with van der Waals surface area (Å²) in [6.45, 7) is 6.17. The van der Waals surface area contributed by atoms with Crippen LogP contribution in [0.1, 0.15) is 72.1 Å². The van der Waals surface area contributed by atoms with Crippen LogP contribution in [0.25, 0.3) is 0 Å². The van der Waals surface area contributed by atoms with Gasteiger partial charge in [0.15, 0.2) is 5.78 Å². The van der Waals surface area contributed by atoms with Crippen molar-refractivity contribution in [2.45, 2.75) is 78.2 Å². The number of ketones is 1. The van der Waals surface area contributed by atoms with Crippen LogP contribution in [0.5, 0.6) is 0 Å². The second-order valence-electron chi connectivity index (χ2n) is 8.53. The fraction of sp³-hybridized carbons (Fsp3) is 0.889. The summed E-state index contributed by atoms with van der Waals surface area (Å²) in [6, 6.07) is -0.236. The molecule has 0 aromatic heterocycles. The van der Waals surface area contributed by atoms with E-state index in [1.807, 2.05) is 13.8 Å². The molecule has 118 valence electrons. The van der Waals surface area contributed by atoms with E-state index in [0.717, 1.165) is 32.1 Å². The van der Waals surface area contributed by atoms with Crippen molar-refractivity contribution in [2.24, 2.45) is 22.7 Å². The highest BCUT2D eigenvalue weighted by Gasteiger charge is 2.69. The van der Waals surface area contributed by atoms with Crippen LogP contribution < -0.4 is 5.32 Å². The van der Waals surface area contributed by atoms with Crippen molar-refractivity contribution in [1.82, 2.24) is 5.32 Å². The van der Waals surface area contributed by atoms with Crippen molar-refractivity contribution in [3.8, 4) is 0 Å². The minimum atomic E-state index is -0.236. The second-order valence-corrected chi connectivity index (χ2v) is 8.53. The molecular formula is C18H29NO2. The Labute approximate surface area is 128 Å². The van der Waals surface area contributed by atoms with Crippen LogP contribution in [-0.4, -0.2) is 17.7 Å². The predicted octanol–water partition coefficient (Wildman–Crippen LogP) is 3.47. The van der Waals surface area contributed by atoms with E-state index >= 15 is 0 Å². The highest BCUT2D eigenvalue weighted by molar-refractivity contribution is 5.93. The Balaban J connectivity index is 1.67. The fourth-order valence-corrected chi connectivity index (χ4v) is 5.08.